The molecule has 14 heteroatoms. The molecule has 1 aromatic carbocycles. The quantitative estimate of drug-likeness (QED) is 0.135. The molecule has 0 spiro atoms. The van der Waals surface area contributed by atoms with Gasteiger partial charge in [-0.3, -0.25) is 28.8 Å². The van der Waals surface area contributed by atoms with Crippen LogP contribution in [0.2, 0.25) is 0 Å². The van der Waals surface area contributed by atoms with E-state index in [1.54, 1.807) is 0 Å². The van der Waals surface area contributed by atoms with Crippen LogP contribution in [0.4, 0.5) is 0 Å². The zero-order valence-electron chi connectivity index (χ0n) is 18.0. The number of amides is 4. The predicted octanol–water partition coefficient (Wildman–Crippen LogP) is -2.83. The van der Waals surface area contributed by atoms with Gasteiger partial charge in [-0.15, -0.1) is 0 Å². The maximum absolute atomic E-state index is 12.8. The largest absolute Gasteiger partial charge is 0.508 e. The standard InChI is InChI=1S/C20H27N5O9/c21-12(5-6-15(22)27)18(32)24-14(8-16(28)29)20(34)25-13(19(33)23-9-17(30)31)7-10-1-3-11(26)4-2-10/h1-4,12-14,26H,5-9,21H2,(H2,22,27)(H,23,33)(H,24,32)(H,25,34)(H,28,29)(H,30,31). The van der Waals surface area contributed by atoms with Crippen LogP contribution < -0.4 is 27.4 Å². The Labute approximate surface area is 193 Å². The number of hydrogen-bond acceptors (Lipinski definition) is 8. The molecule has 10 N–H and O–H groups in total. The van der Waals surface area contributed by atoms with Crippen molar-refractivity contribution in [2.24, 2.45) is 11.5 Å². The van der Waals surface area contributed by atoms with Crippen LogP contribution in [0.15, 0.2) is 24.3 Å². The van der Waals surface area contributed by atoms with Gasteiger partial charge in [0, 0.05) is 12.8 Å². The molecule has 0 saturated heterocycles. The van der Waals surface area contributed by atoms with Gasteiger partial charge >= 0.3 is 11.9 Å². The number of rotatable bonds is 14. The number of carbonyl (C=O) groups excluding carboxylic acids is 4. The third-order valence-electron chi connectivity index (χ3n) is 4.47. The zero-order chi connectivity index (χ0) is 25.8. The topological polar surface area (TPSA) is 251 Å². The smallest absolute Gasteiger partial charge is 0.322 e. The van der Waals surface area contributed by atoms with Crippen LogP contribution >= 0.6 is 0 Å². The number of nitrogens with two attached hydrogens (primary N) is 2. The molecule has 4 amide bonds. The Morgan fingerprint density at radius 3 is 1.97 bits per heavy atom. The third-order valence-corrected chi connectivity index (χ3v) is 4.47. The highest BCUT2D eigenvalue weighted by atomic mass is 16.4. The summed E-state index contributed by atoms with van der Waals surface area (Å²) in [6.45, 7) is -0.731. The van der Waals surface area contributed by atoms with Gasteiger partial charge in [0.25, 0.3) is 0 Å². The second kappa shape index (κ2) is 13.4. The van der Waals surface area contributed by atoms with E-state index in [0.717, 1.165) is 0 Å². The Kier molecular flexibility index (Phi) is 10.9. The highest BCUT2D eigenvalue weighted by Crippen LogP contribution is 2.12. The van der Waals surface area contributed by atoms with E-state index in [-0.39, 0.29) is 25.0 Å². The van der Waals surface area contributed by atoms with Gasteiger partial charge in [0.15, 0.2) is 0 Å². The number of nitrogens with one attached hydrogen (secondary N) is 3. The fraction of sp³-hybridized carbons (Fsp3) is 0.400. The van der Waals surface area contributed by atoms with Gasteiger partial charge in [0.1, 0.15) is 24.4 Å². The number of aromatic hydroxyl groups is 1. The van der Waals surface area contributed by atoms with Gasteiger partial charge in [0.2, 0.25) is 23.6 Å². The van der Waals surface area contributed by atoms with Crippen molar-refractivity contribution in [2.45, 2.75) is 43.8 Å². The maximum atomic E-state index is 12.8. The molecular weight excluding hydrogens is 454 g/mol. The Bertz CT molecular complexity index is 920. The van der Waals surface area contributed by atoms with E-state index < -0.39 is 66.7 Å². The predicted molar refractivity (Wildman–Crippen MR) is 115 cm³/mol. The summed E-state index contributed by atoms with van der Waals surface area (Å²) in [5.41, 5.74) is 11.1. The second-order valence-corrected chi connectivity index (χ2v) is 7.31. The van der Waals surface area contributed by atoms with Gasteiger partial charge in [-0.25, -0.2) is 0 Å². The van der Waals surface area contributed by atoms with Crippen molar-refractivity contribution in [3.63, 3.8) is 0 Å². The average Bonchev–Trinajstić information content (AvgIpc) is 2.75. The van der Waals surface area contributed by atoms with E-state index >= 15 is 0 Å². The summed E-state index contributed by atoms with van der Waals surface area (Å²) in [6, 6.07) is 1.39. The van der Waals surface area contributed by atoms with Crippen molar-refractivity contribution in [1.82, 2.24) is 16.0 Å². The third kappa shape index (κ3) is 10.4. The lowest BCUT2D eigenvalue weighted by molar-refractivity contribution is -0.141. The van der Waals surface area contributed by atoms with Crippen LogP contribution in [-0.4, -0.2) is 75.6 Å². The number of phenolic OH excluding ortho intramolecular Hbond substituents is 1. The number of primary amides is 1. The number of phenols is 1. The monoisotopic (exact) mass is 481 g/mol. The van der Waals surface area contributed by atoms with Gasteiger partial charge in [-0.2, -0.15) is 0 Å². The van der Waals surface area contributed by atoms with Crippen molar-refractivity contribution in [2.75, 3.05) is 6.54 Å². The molecule has 14 nitrogen and oxygen atoms in total. The van der Waals surface area contributed by atoms with Crippen LogP contribution in [0.5, 0.6) is 5.75 Å². The summed E-state index contributed by atoms with van der Waals surface area (Å²) >= 11 is 0. The molecule has 0 bridgehead atoms. The first kappa shape index (κ1) is 27.8. The number of benzene rings is 1. The molecule has 0 saturated carbocycles. The van der Waals surface area contributed by atoms with E-state index in [2.05, 4.69) is 16.0 Å². The number of carboxylic acid groups (broad SMARTS) is 2. The average molecular weight is 481 g/mol. The molecule has 0 aromatic heterocycles. The first-order chi connectivity index (χ1) is 15.9. The summed E-state index contributed by atoms with van der Waals surface area (Å²) in [5, 5.41) is 33.9. The summed E-state index contributed by atoms with van der Waals surface area (Å²) in [5.74, 6) is -6.33. The molecule has 1 aromatic rings. The lowest BCUT2D eigenvalue weighted by Crippen LogP contribution is -2.57. The van der Waals surface area contributed by atoms with Crippen LogP contribution in [-0.2, 0) is 35.2 Å². The van der Waals surface area contributed by atoms with Crippen LogP contribution in [0.1, 0.15) is 24.8 Å². The number of hydrogen-bond donors (Lipinski definition) is 8. The molecule has 1 rings (SSSR count). The normalized spacial score (nSPS) is 13.1. The molecule has 0 aliphatic heterocycles. The zero-order valence-corrected chi connectivity index (χ0v) is 18.0. The van der Waals surface area contributed by atoms with E-state index in [4.69, 9.17) is 21.7 Å². The van der Waals surface area contributed by atoms with E-state index in [9.17, 15) is 33.9 Å². The molecule has 0 aliphatic carbocycles. The van der Waals surface area contributed by atoms with Crippen molar-refractivity contribution in [3.05, 3.63) is 29.8 Å². The SMILES string of the molecule is NC(=O)CCC(N)C(=O)NC(CC(=O)O)C(=O)NC(Cc1ccc(O)cc1)C(=O)NCC(=O)O. The van der Waals surface area contributed by atoms with E-state index in [1.807, 2.05) is 0 Å². The lowest BCUT2D eigenvalue weighted by atomic mass is 10.0. The fourth-order valence-corrected chi connectivity index (χ4v) is 2.73. The molecule has 0 aliphatic rings. The molecule has 186 valence electrons. The minimum Gasteiger partial charge on any atom is -0.508 e. The summed E-state index contributed by atoms with van der Waals surface area (Å²) < 4.78 is 0. The number of carbonyl (C=O) groups is 6. The van der Waals surface area contributed by atoms with Gasteiger partial charge in [-0.1, -0.05) is 12.1 Å². The Balaban J connectivity index is 3.00. The first-order valence-corrected chi connectivity index (χ1v) is 10.0. The van der Waals surface area contributed by atoms with Crippen molar-refractivity contribution in [3.8, 4) is 5.75 Å². The van der Waals surface area contributed by atoms with Crippen molar-refractivity contribution in [1.29, 1.82) is 0 Å². The van der Waals surface area contributed by atoms with Crippen molar-refractivity contribution < 1.29 is 44.1 Å². The minimum absolute atomic E-state index is 0.0448. The maximum Gasteiger partial charge on any atom is 0.322 e. The fourth-order valence-electron chi connectivity index (χ4n) is 2.73. The molecule has 3 unspecified atom stereocenters. The summed E-state index contributed by atoms with van der Waals surface area (Å²) in [4.78, 5) is 70.3. The number of aliphatic carboxylic acids is 2. The number of carboxylic acids is 2. The van der Waals surface area contributed by atoms with Crippen molar-refractivity contribution >= 4 is 35.6 Å². The highest BCUT2D eigenvalue weighted by Gasteiger charge is 2.30. The molecular formula is C20H27N5O9. The second-order valence-electron chi connectivity index (χ2n) is 7.31. The van der Waals surface area contributed by atoms with Crippen LogP contribution in [0.3, 0.4) is 0 Å². The Morgan fingerprint density at radius 2 is 1.44 bits per heavy atom. The van der Waals surface area contributed by atoms with Crippen LogP contribution in [0.25, 0.3) is 0 Å². The minimum atomic E-state index is -1.63. The molecule has 3 atom stereocenters. The molecule has 0 heterocycles. The lowest BCUT2D eigenvalue weighted by Gasteiger charge is -2.23. The molecule has 0 fully saturated rings. The van der Waals surface area contributed by atoms with Gasteiger partial charge in [0.05, 0.1) is 12.5 Å². The Hall–Kier alpha value is -4.20. The van der Waals surface area contributed by atoms with E-state index in [1.165, 1.54) is 24.3 Å². The van der Waals surface area contributed by atoms with Crippen LogP contribution in [0, 0.1) is 0 Å². The first-order valence-electron chi connectivity index (χ1n) is 10.0. The molecule has 0 radical (unpaired) electrons. The summed E-state index contributed by atoms with van der Waals surface area (Å²) in [7, 11) is 0. The molecule has 34 heavy (non-hydrogen) atoms. The van der Waals surface area contributed by atoms with Gasteiger partial charge in [-0.05, 0) is 24.1 Å². The Morgan fingerprint density at radius 1 is 0.853 bits per heavy atom. The summed E-state index contributed by atoms with van der Waals surface area (Å²) in [6.07, 6.45) is -1.32. The highest BCUT2D eigenvalue weighted by molar-refractivity contribution is 5.95. The van der Waals surface area contributed by atoms with Gasteiger partial charge < -0.3 is 42.7 Å². The van der Waals surface area contributed by atoms with E-state index in [0.29, 0.717) is 5.56 Å².